The van der Waals surface area contributed by atoms with Crippen molar-refractivity contribution in [2.75, 3.05) is 26.1 Å². The predicted molar refractivity (Wildman–Crippen MR) is 101 cm³/mol. The van der Waals surface area contributed by atoms with Gasteiger partial charge in [0.1, 0.15) is 11.5 Å². The minimum absolute atomic E-state index is 0.0259. The minimum Gasteiger partial charge on any atom is -0.497 e. The lowest BCUT2D eigenvalue weighted by Gasteiger charge is -2.15. The molecule has 6 nitrogen and oxygen atoms in total. The predicted octanol–water partition coefficient (Wildman–Crippen LogP) is 4.74. The van der Waals surface area contributed by atoms with Crippen molar-refractivity contribution in [3.63, 3.8) is 0 Å². The zero-order valence-corrected chi connectivity index (χ0v) is 16.0. The first-order chi connectivity index (χ1) is 13.5. The summed E-state index contributed by atoms with van der Waals surface area (Å²) in [4.78, 5) is 12.6. The maximum atomic E-state index is 12.6. The third kappa shape index (κ3) is 5.73. The van der Waals surface area contributed by atoms with Gasteiger partial charge in [0.15, 0.2) is 11.5 Å². The third-order valence-electron chi connectivity index (χ3n) is 3.83. The first kappa shape index (κ1) is 21.3. The summed E-state index contributed by atoms with van der Waals surface area (Å²) in [5.41, 5.74) is 0.646. The average molecular weight is 395 g/mol. The Bertz CT molecular complexity index is 798. The number of nitrogens with one attached hydrogen (secondary N) is 1. The number of alkyl halides is 2. The van der Waals surface area contributed by atoms with E-state index in [9.17, 15) is 13.6 Å². The van der Waals surface area contributed by atoms with Crippen molar-refractivity contribution in [1.29, 1.82) is 0 Å². The summed E-state index contributed by atoms with van der Waals surface area (Å²) in [6.07, 6.45) is 1.85. The number of benzene rings is 2. The highest BCUT2D eigenvalue weighted by atomic mass is 19.3. The van der Waals surface area contributed by atoms with Gasteiger partial charge in [0, 0.05) is 11.6 Å². The SMILES string of the molecule is CCCCOc1ccc(OC)cc1NC(=O)c1ccc(OC(F)F)c(OC)c1. The lowest BCUT2D eigenvalue weighted by Crippen LogP contribution is -2.14. The van der Waals surface area contributed by atoms with Crippen LogP contribution in [0.2, 0.25) is 0 Å². The molecule has 0 saturated heterocycles. The number of rotatable bonds is 10. The van der Waals surface area contributed by atoms with Crippen molar-refractivity contribution in [2.24, 2.45) is 0 Å². The van der Waals surface area contributed by atoms with Crippen LogP contribution in [0.3, 0.4) is 0 Å². The molecule has 8 heteroatoms. The van der Waals surface area contributed by atoms with E-state index >= 15 is 0 Å². The van der Waals surface area contributed by atoms with Crippen LogP contribution < -0.4 is 24.3 Å². The summed E-state index contributed by atoms with van der Waals surface area (Å²) >= 11 is 0. The normalized spacial score (nSPS) is 10.5. The monoisotopic (exact) mass is 395 g/mol. The number of anilines is 1. The number of unbranched alkanes of at least 4 members (excludes halogenated alkanes) is 1. The van der Waals surface area contributed by atoms with Crippen LogP contribution in [0.4, 0.5) is 14.5 Å². The van der Waals surface area contributed by atoms with Gasteiger partial charge in [-0.1, -0.05) is 13.3 Å². The molecule has 0 fully saturated rings. The number of hydrogen-bond donors (Lipinski definition) is 1. The number of ether oxygens (including phenoxy) is 4. The molecule has 0 saturated carbocycles. The van der Waals surface area contributed by atoms with Crippen LogP contribution >= 0.6 is 0 Å². The highest BCUT2D eigenvalue weighted by molar-refractivity contribution is 6.05. The summed E-state index contributed by atoms with van der Waals surface area (Å²) in [5.74, 6) is 0.469. The number of carbonyl (C=O) groups excluding carboxylic acids is 1. The zero-order valence-electron chi connectivity index (χ0n) is 16.0. The second kappa shape index (κ2) is 10.3. The van der Waals surface area contributed by atoms with Crippen LogP contribution in [0.15, 0.2) is 36.4 Å². The van der Waals surface area contributed by atoms with Crippen molar-refractivity contribution >= 4 is 11.6 Å². The molecule has 1 amide bonds. The maximum Gasteiger partial charge on any atom is 0.387 e. The Morgan fingerprint density at radius 2 is 1.79 bits per heavy atom. The molecule has 0 radical (unpaired) electrons. The Kier molecular flexibility index (Phi) is 7.86. The Labute approximate surface area is 162 Å². The molecule has 0 aliphatic heterocycles. The summed E-state index contributed by atoms with van der Waals surface area (Å²) in [6, 6.07) is 9.04. The van der Waals surface area contributed by atoms with Gasteiger partial charge in [-0.15, -0.1) is 0 Å². The van der Waals surface area contributed by atoms with Gasteiger partial charge in [-0.3, -0.25) is 4.79 Å². The molecule has 0 spiro atoms. The van der Waals surface area contributed by atoms with Gasteiger partial charge in [0.05, 0.1) is 26.5 Å². The van der Waals surface area contributed by atoms with E-state index in [1.54, 1.807) is 18.2 Å². The lowest BCUT2D eigenvalue weighted by atomic mass is 10.1. The van der Waals surface area contributed by atoms with E-state index < -0.39 is 12.5 Å². The van der Waals surface area contributed by atoms with E-state index in [0.29, 0.717) is 23.8 Å². The molecule has 152 valence electrons. The van der Waals surface area contributed by atoms with Crippen LogP contribution in [-0.2, 0) is 0 Å². The summed E-state index contributed by atoms with van der Waals surface area (Å²) in [5, 5.41) is 2.75. The molecule has 0 heterocycles. The number of carbonyl (C=O) groups is 1. The van der Waals surface area contributed by atoms with E-state index in [-0.39, 0.29) is 17.1 Å². The van der Waals surface area contributed by atoms with Crippen LogP contribution in [0, 0.1) is 0 Å². The van der Waals surface area contributed by atoms with Gasteiger partial charge >= 0.3 is 6.61 Å². The van der Waals surface area contributed by atoms with Gasteiger partial charge in [-0.05, 0) is 36.8 Å². The van der Waals surface area contributed by atoms with Crippen LogP contribution in [0.25, 0.3) is 0 Å². The van der Waals surface area contributed by atoms with Crippen LogP contribution in [0.5, 0.6) is 23.0 Å². The Hall–Kier alpha value is -3.03. The summed E-state index contributed by atoms with van der Waals surface area (Å²) in [7, 11) is 2.82. The number of halogens is 2. The largest absolute Gasteiger partial charge is 0.497 e. The average Bonchev–Trinajstić information content (AvgIpc) is 2.68. The highest BCUT2D eigenvalue weighted by Gasteiger charge is 2.16. The molecule has 0 aromatic heterocycles. The zero-order chi connectivity index (χ0) is 20.5. The second-order valence-electron chi connectivity index (χ2n) is 5.76. The quantitative estimate of drug-likeness (QED) is 0.589. The van der Waals surface area contributed by atoms with Gasteiger partial charge in [0.25, 0.3) is 5.91 Å². The van der Waals surface area contributed by atoms with E-state index in [1.807, 2.05) is 0 Å². The van der Waals surface area contributed by atoms with E-state index in [1.165, 1.54) is 32.4 Å². The lowest BCUT2D eigenvalue weighted by molar-refractivity contribution is -0.0512. The Morgan fingerprint density at radius 1 is 1.04 bits per heavy atom. The fourth-order valence-electron chi connectivity index (χ4n) is 2.38. The molecule has 0 aliphatic carbocycles. The Balaban J connectivity index is 2.23. The summed E-state index contributed by atoms with van der Waals surface area (Å²) < 4.78 is 45.2. The molecule has 2 aromatic rings. The van der Waals surface area contributed by atoms with Crippen molar-refractivity contribution in [1.82, 2.24) is 0 Å². The van der Waals surface area contributed by atoms with Gasteiger partial charge < -0.3 is 24.3 Å². The fourth-order valence-corrected chi connectivity index (χ4v) is 2.38. The van der Waals surface area contributed by atoms with E-state index in [2.05, 4.69) is 17.0 Å². The minimum atomic E-state index is -2.99. The van der Waals surface area contributed by atoms with Crippen molar-refractivity contribution in [3.05, 3.63) is 42.0 Å². The third-order valence-corrected chi connectivity index (χ3v) is 3.83. The molecule has 2 aromatic carbocycles. The van der Waals surface area contributed by atoms with Gasteiger partial charge in [-0.2, -0.15) is 8.78 Å². The van der Waals surface area contributed by atoms with Crippen molar-refractivity contribution in [2.45, 2.75) is 26.4 Å². The summed E-state index contributed by atoms with van der Waals surface area (Å²) in [6.45, 7) is -0.429. The van der Waals surface area contributed by atoms with E-state index in [4.69, 9.17) is 14.2 Å². The van der Waals surface area contributed by atoms with E-state index in [0.717, 1.165) is 12.8 Å². The maximum absolute atomic E-state index is 12.6. The molecule has 2 rings (SSSR count). The molecular formula is C20H23F2NO5. The number of amides is 1. The second-order valence-corrected chi connectivity index (χ2v) is 5.76. The first-order valence-corrected chi connectivity index (χ1v) is 8.73. The van der Waals surface area contributed by atoms with Crippen molar-refractivity contribution < 1.29 is 32.5 Å². The molecule has 28 heavy (non-hydrogen) atoms. The smallest absolute Gasteiger partial charge is 0.387 e. The van der Waals surface area contributed by atoms with Gasteiger partial charge in [-0.25, -0.2) is 0 Å². The molecule has 0 bridgehead atoms. The topological polar surface area (TPSA) is 66.0 Å². The number of hydrogen-bond acceptors (Lipinski definition) is 5. The van der Waals surface area contributed by atoms with Gasteiger partial charge in [0.2, 0.25) is 0 Å². The van der Waals surface area contributed by atoms with Crippen molar-refractivity contribution in [3.8, 4) is 23.0 Å². The van der Waals surface area contributed by atoms with Crippen LogP contribution in [-0.4, -0.2) is 33.3 Å². The number of methoxy groups -OCH3 is 2. The fraction of sp³-hybridized carbons (Fsp3) is 0.350. The standard InChI is InChI=1S/C20H23F2NO5/c1-4-5-10-27-16-9-7-14(25-2)12-15(16)23-19(24)13-6-8-17(28-20(21)22)18(11-13)26-3/h6-9,11-12,20H,4-5,10H2,1-3H3,(H,23,24). The molecule has 0 aliphatic rings. The Morgan fingerprint density at radius 3 is 2.43 bits per heavy atom. The van der Waals surface area contributed by atoms with Crippen LogP contribution in [0.1, 0.15) is 30.1 Å². The highest BCUT2D eigenvalue weighted by Crippen LogP contribution is 2.32. The first-order valence-electron chi connectivity index (χ1n) is 8.73. The molecule has 0 atom stereocenters. The molecular weight excluding hydrogens is 372 g/mol. The molecule has 1 N–H and O–H groups in total. The molecule has 0 unspecified atom stereocenters.